The number of amides is 1. The van der Waals surface area contributed by atoms with Crippen molar-refractivity contribution in [3.8, 4) is 0 Å². The molecular formula is C17H25ClN6O2. The normalized spacial score (nSPS) is 14.8. The highest BCUT2D eigenvalue weighted by molar-refractivity contribution is 5.85. The van der Waals surface area contributed by atoms with Gasteiger partial charge in [-0.1, -0.05) is 17.3 Å². The van der Waals surface area contributed by atoms with Gasteiger partial charge in [-0.05, 0) is 25.1 Å². The summed E-state index contributed by atoms with van der Waals surface area (Å²) in [4.78, 5) is 26.6. The summed E-state index contributed by atoms with van der Waals surface area (Å²) < 4.78 is 1.25. The first-order chi connectivity index (χ1) is 12.2. The quantitative estimate of drug-likeness (QED) is 0.658. The van der Waals surface area contributed by atoms with Crippen molar-refractivity contribution in [2.45, 2.75) is 19.4 Å². The zero-order valence-electron chi connectivity index (χ0n) is 14.7. The van der Waals surface area contributed by atoms with Crippen molar-refractivity contribution in [3.63, 3.8) is 0 Å². The molecule has 2 heterocycles. The molecule has 0 radical (unpaired) electrons. The van der Waals surface area contributed by atoms with Crippen LogP contribution in [0.3, 0.4) is 0 Å². The maximum absolute atomic E-state index is 12.3. The summed E-state index contributed by atoms with van der Waals surface area (Å²) in [7, 11) is 0. The third-order valence-electron chi connectivity index (χ3n) is 4.36. The van der Waals surface area contributed by atoms with Crippen molar-refractivity contribution >= 4 is 29.2 Å². The second-order valence-electron chi connectivity index (χ2n) is 6.18. The summed E-state index contributed by atoms with van der Waals surface area (Å²) in [6.07, 6.45) is 1.15. The van der Waals surface area contributed by atoms with Crippen molar-refractivity contribution in [2.75, 3.05) is 39.3 Å². The van der Waals surface area contributed by atoms with Gasteiger partial charge in [-0.15, -0.1) is 17.5 Å². The third kappa shape index (κ3) is 5.48. The molecule has 1 aromatic heterocycles. The Labute approximate surface area is 158 Å². The van der Waals surface area contributed by atoms with Gasteiger partial charge in [-0.3, -0.25) is 9.59 Å². The van der Waals surface area contributed by atoms with Gasteiger partial charge in [0.25, 0.3) is 5.56 Å². The molecule has 1 aliphatic heterocycles. The predicted molar refractivity (Wildman–Crippen MR) is 103 cm³/mol. The van der Waals surface area contributed by atoms with Crippen molar-refractivity contribution in [1.29, 1.82) is 0 Å². The number of hydrogen-bond donors (Lipinski definition) is 2. The second-order valence-corrected chi connectivity index (χ2v) is 6.18. The lowest BCUT2D eigenvalue weighted by molar-refractivity contribution is -0.121. The van der Waals surface area contributed by atoms with Gasteiger partial charge in [0.15, 0.2) is 0 Å². The van der Waals surface area contributed by atoms with Gasteiger partial charge >= 0.3 is 0 Å². The number of rotatable bonds is 7. The first-order valence-electron chi connectivity index (χ1n) is 8.76. The van der Waals surface area contributed by atoms with Crippen molar-refractivity contribution in [3.05, 3.63) is 34.6 Å². The molecule has 26 heavy (non-hydrogen) atoms. The van der Waals surface area contributed by atoms with E-state index in [9.17, 15) is 9.59 Å². The Kier molecular flexibility index (Phi) is 7.96. The number of nitrogens with zero attached hydrogens (tertiary/aromatic N) is 4. The molecule has 2 aromatic rings. The Balaban J connectivity index is 0.00000243. The minimum atomic E-state index is -0.211. The number of carbonyl (C=O) groups excluding carboxylic acids is 1. The predicted octanol–water partition coefficient (Wildman–Crippen LogP) is 0.0149. The fourth-order valence-corrected chi connectivity index (χ4v) is 2.93. The molecule has 1 amide bonds. The van der Waals surface area contributed by atoms with Crippen LogP contribution in [0.15, 0.2) is 29.1 Å². The molecule has 0 atom stereocenters. The van der Waals surface area contributed by atoms with Crippen LogP contribution in [-0.4, -0.2) is 65.1 Å². The molecule has 0 bridgehead atoms. The molecule has 8 nitrogen and oxygen atoms in total. The first kappa shape index (κ1) is 20.3. The van der Waals surface area contributed by atoms with E-state index in [2.05, 4.69) is 25.8 Å². The van der Waals surface area contributed by atoms with Gasteiger partial charge in [0.1, 0.15) is 5.52 Å². The lowest BCUT2D eigenvalue weighted by atomic mass is 10.2. The first-order valence-corrected chi connectivity index (χ1v) is 8.76. The molecule has 0 spiro atoms. The van der Waals surface area contributed by atoms with E-state index in [1.165, 1.54) is 4.68 Å². The number of hydrogen-bond acceptors (Lipinski definition) is 6. The van der Waals surface area contributed by atoms with Crippen LogP contribution in [0.1, 0.15) is 12.8 Å². The summed E-state index contributed by atoms with van der Waals surface area (Å²) in [6, 6.07) is 7.08. The summed E-state index contributed by atoms with van der Waals surface area (Å²) >= 11 is 0. The van der Waals surface area contributed by atoms with Crippen LogP contribution in [0.2, 0.25) is 0 Å². The zero-order valence-corrected chi connectivity index (χ0v) is 15.5. The van der Waals surface area contributed by atoms with Crippen LogP contribution >= 0.6 is 12.4 Å². The maximum atomic E-state index is 12.3. The minimum Gasteiger partial charge on any atom is -0.356 e. The van der Waals surface area contributed by atoms with Crippen LogP contribution in [0.25, 0.3) is 10.9 Å². The van der Waals surface area contributed by atoms with Gasteiger partial charge in [0, 0.05) is 39.1 Å². The fraction of sp³-hybridized carbons (Fsp3) is 0.529. The summed E-state index contributed by atoms with van der Waals surface area (Å²) in [5.74, 6) is -0.0674. The summed E-state index contributed by atoms with van der Waals surface area (Å²) in [5, 5.41) is 14.7. The molecule has 3 rings (SSSR count). The highest BCUT2D eigenvalue weighted by Gasteiger charge is 2.10. The van der Waals surface area contributed by atoms with Gasteiger partial charge < -0.3 is 15.5 Å². The zero-order chi connectivity index (χ0) is 17.5. The molecule has 1 saturated heterocycles. The van der Waals surface area contributed by atoms with Crippen LogP contribution in [0.5, 0.6) is 0 Å². The number of aryl methyl sites for hydroxylation is 1. The number of piperazine rings is 1. The van der Waals surface area contributed by atoms with Crippen molar-refractivity contribution in [1.82, 2.24) is 30.5 Å². The molecule has 1 aliphatic rings. The molecule has 1 aromatic carbocycles. The highest BCUT2D eigenvalue weighted by atomic mass is 35.5. The van der Waals surface area contributed by atoms with E-state index < -0.39 is 0 Å². The number of halogens is 1. The van der Waals surface area contributed by atoms with E-state index in [0.717, 1.165) is 39.1 Å². The third-order valence-corrected chi connectivity index (χ3v) is 4.36. The molecule has 1 fully saturated rings. The molecule has 142 valence electrons. The van der Waals surface area contributed by atoms with Gasteiger partial charge in [-0.25, -0.2) is 4.68 Å². The van der Waals surface area contributed by atoms with Gasteiger partial charge in [0.2, 0.25) is 5.91 Å². The topological polar surface area (TPSA) is 92.1 Å². The van der Waals surface area contributed by atoms with Crippen LogP contribution < -0.4 is 16.2 Å². The highest BCUT2D eigenvalue weighted by Crippen LogP contribution is 2.03. The van der Waals surface area contributed by atoms with Crippen molar-refractivity contribution < 1.29 is 4.79 Å². The Morgan fingerprint density at radius 2 is 1.96 bits per heavy atom. The molecule has 2 N–H and O–H groups in total. The van der Waals surface area contributed by atoms with E-state index in [-0.39, 0.29) is 36.8 Å². The average molecular weight is 381 g/mol. The lowest BCUT2D eigenvalue weighted by Crippen LogP contribution is -2.44. The summed E-state index contributed by atoms with van der Waals surface area (Å²) in [5.41, 5.74) is 0.359. The van der Waals surface area contributed by atoms with E-state index in [4.69, 9.17) is 0 Å². The monoisotopic (exact) mass is 380 g/mol. The fourth-order valence-electron chi connectivity index (χ4n) is 2.93. The maximum Gasteiger partial charge on any atom is 0.277 e. The number of benzene rings is 1. The van der Waals surface area contributed by atoms with Gasteiger partial charge in [0.05, 0.1) is 11.9 Å². The lowest BCUT2D eigenvalue weighted by Gasteiger charge is -2.27. The van der Waals surface area contributed by atoms with Crippen LogP contribution in [0, 0.1) is 0 Å². The Bertz CT molecular complexity index is 775. The number of aromatic nitrogens is 3. The van der Waals surface area contributed by atoms with Crippen LogP contribution in [-0.2, 0) is 11.3 Å². The molecule has 0 unspecified atom stereocenters. The minimum absolute atomic E-state index is 0. The molecule has 0 saturated carbocycles. The molecule has 9 heteroatoms. The number of carbonyl (C=O) groups is 1. The number of nitrogens with one attached hydrogen (secondary N) is 2. The van der Waals surface area contributed by atoms with Gasteiger partial charge in [-0.2, -0.15) is 0 Å². The summed E-state index contributed by atoms with van der Waals surface area (Å²) in [6.45, 7) is 6.09. The average Bonchev–Trinajstić information content (AvgIpc) is 2.66. The van der Waals surface area contributed by atoms with Crippen LogP contribution in [0.4, 0.5) is 0 Å². The van der Waals surface area contributed by atoms with Crippen molar-refractivity contribution in [2.24, 2.45) is 0 Å². The number of fused-ring (bicyclic) bond motifs is 1. The van der Waals surface area contributed by atoms with E-state index in [0.29, 0.717) is 17.4 Å². The molecule has 0 aliphatic carbocycles. The Morgan fingerprint density at radius 3 is 2.77 bits per heavy atom. The van der Waals surface area contributed by atoms with E-state index in [1.807, 2.05) is 6.07 Å². The SMILES string of the molecule is Cl.O=C(CCn1nnc2ccccc2c1=O)NCCCN1CCNCC1. The van der Waals surface area contributed by atoms with E-state index >= 15 is 0 Å². The standard InChI is InChI=1S/C17H24N6O2.ClH/c24-16(19-7-3-10-22-12-8-18-9-13-22)6-11-23-17(25)14-4-1-2-5-15(14)20-21-23;/h1-2,4-5,18H,3,6-13H2,(H,19,24);1H. The second kappa shape index (κ2) is 10.2. The largest absolute Gasteiger partial charge is 0.356 e. The Morgan fingerprint density at radius 1 is 1.19 bits per heavy atom. The molecular weight excluding hydrogens is 356 g/mol. The smallest absolute Gasteiger partial charge is 0.277 e. The van der Waals surface area contributed by atoms with E-state index in [1.54, 1.807) is 18.2 Å². The Hall–Kier alpha value is -2.03.